The van der Waals surface area contributed by atoms with Crippen molar-refractivity contribution >= 4 is 15.7 Å². The van der Waals surface area contributed by atoms with Gasteiger partial charge in [-0.15, -0.1) is 0 Å². The maximum absolute atomic E-state index is 13.0. The molecule has 7 heteroatoms. The maximum Gasteiger partial charge on any atom is 0.240 e. The second-order valence-corrected chi connectivity index (χ2v) is 9.70. The van der Waals surface area contributed by atoms with Gasteiger partial charge in [-0.1, -0.05) is 48.5 Å². The second kappa shape index (κ2) is 8.61. The van der Waals surface area contributed by atoms with Crippen molar-refractivity contribution < 1.29 is 8.42 Å². The standard InChI is InChI=1S/C25H24N4O2S/c30-32(31,24-9-5-2-6-10-24)27-22-15-21-16-23(28-14-13-26-19-28)11-12-25(21)29(18-22)17-20-7-3-1-4-8-20/h1-14,16,19,22,27H,15,17-18H2. The molecule has 1 aliphatic rings. The Morgan fingerprint density at radius 1 is 0.969 bits per heavy atom. The van der Waals surface area contributed by atoms with E-state index in [4.69, 9.17) is 0 Å². The molecule has 2 heterocycles. The Bertz CT molecular complexity index is 1290. The molecular formula is C25H24N4O2S. The maximum atomic E-state index is 13.0. The number of anilines is 1. The van der Waals surface area contributed by atoms with Crippen LogP contribution in [0.25, 0.3) is 5.69 Å². The fraction of sp³-hybridized carbons (Fsp3) is 0.160. The summed E-state index contributed by atoms with van der Waals surface area (Å²) in [5, 5.41) is 0. The summed E-state index contributed by atoms with van der Waals surface area (Å²) in [4.78, 5) is 6.68. The van der Waals surface area contributed by atoms with Crippen molar-refractivity contribution in [2.24, 2.45) is 0 Å². The monoisotopic (exact) mass is 444 g/mol. The van der Waals surface area contributed by atoms with Crippen LogP contribution in [0.5, 0.6) is 0 Å². The zero-order valence-electron chi connectivity index (χ0n) is 17.5. The lowest BCUT2D eigenvalue weighted by Crippen LogP contribution is -2.48. The zero-order chi connectivity index (χ0) is 22.0. The largest absolute Gasteiger partial charge is 0.365 e. The van der Waals surface area contributed by atoms with E-state index in [1.165, 1.54) is 5.56 Å². The van der Waals surface area contributed by atoms with E-state index in [0.717, 1.165) is 16.9 Å². The molecule has 0 saturated heterocycles. The van der Waals surface area contributed by atoms with Gasteiger partial charge in [-0.05, 0) is 47.9 Å². The number of hydrogen-bond donors (Lipinski definition) is 1. The van der Waals surface area contributed by atoms with Crippen molar-refractivity contribution in [3.8, 4) is 5.69 Å². The molecule has 0 bridgehead atoms. The van der Waals surface area contributed by atoms with E-state index in [0.29, 0.717) is 19.5 Å². The first-order chi connectivity index (χ1) is 15.6. The Morgan fingerprint density at radius 2 is 1.72 bits per heavy atom. The van der Waals surface area contributed by atoms with Gasteiger partial charge in [0.2, 0.25) is 10.0 Å². The topological polar surface area (TPSA) is 67.2 Å². The van der Waals surface area contributed by atoms with Crippen LogP contribution in [0.2, 0.25) is 0 Å². The number of benzene rings is 3. The summed E-state index contributed by atoms with van der Waals surface area (Å²) < 4.78 is 30.9. The summed E-state index contributed by atoms with van der Waals surface area (Å²) >= 11 is 0. The molecule has 0 radical (unpaired) electrons. The van der Waals surface area contributed by atoms with Crippen LogP contribution >= 0.6 is 0 Å². The summed E-state index contributed by atoms with van der Waals surface area (Å²) in [7, 11) is -3.60. The SMILES string of the molecule is O=S(=O)(NC1Cc2cc(-n3ccnc3)ccc2N(Cc2ccccc2)C1)c1ccccc1. The molecule has 32 heavy (non-hydrogen) atoms. The van der Waals surface area contributed by atoms with E-state index >= 15 is 0 Å². The summed E-state index contributed by atoms with van der Waals surface area (Å²) in [5.74, 6) is 0. The average Bonchev–Trinajstić information content (AvgIpc) is 3.35. The lowest BCUT2D eigenvalue weighted by atomic mass is 9.97. The van der Waals surface area contributed by atoms with E-state index in [-0.39, 0.29) is 10.9 Å². The smallest absolute Gasteiger partial charge is 0.240 e. The molecule has 4 aromatic rings. The molecule has 5 rings (SSSR count). The molecule has 0 aliphatic carbocycles. The van der Waals surface area contributed by atoms with Gasteiger partial charge in [-0.3, -0.25) is 0 Å². The third-order valence-electron chi connectivity index (χ3n) is 5.70. The van der Waals surface area contributed by atoms with Gasteiger partial charge in [0.05, 0.1) is 11.2 Å². The fourth-order valence-corrected chi connectivity index (χ4v) is 5.48. The highest BCUT2D eigenvalue weighted by molar-refractivity contribution is 7.89. The Labute approximate surface area is 188 Å². The molecule has 0 fully saturated rings. The van der Waals surface area contributed by atoms with Gasteiger partial charge in [-0.2, -0.15) is 0 Å². The van der Waals surface area contributed by atoms with Crippen LogP contribution in [0, 0.1) is 0 Å². The fourth-order valence-electron chi connectivity index (χ4n) is 4.23. The van der Waals surface area contributed by atoms with Crippen LogP contribution in [0.1, 0.15) is 11.1 Å². The quantitative estimate of drug-likeness (QED) is 0.492. The van der Waals surface area contributed by atoms with Crippen LogP contribution in [-0.4, -0.2) is 30.6 Å². The van der Waals surface area contributed by atoms with Crippen molar-refractivity contribution in [2.75, 3.05) is 11.4 Å². The summed E-state index contributed by atoms with van der Waals surface area (Å²) in [6.07, 6.45) is 6.04. The number of nitrogens with zero attached hydrogens (tertiary/aromatic N) is 3. The van der Waals surface area contributed by atoms with Crippen molar-refractivity contribution in [2.45, 2.75) is 23.9 Å². The average molecular weight is 445 g/mol. The zero-order valence-corrected chi connectivity index (χ0v) is 18.3. The van der Waals surface area contributed by atoms with E-state index in [9.17, 15) is 8.42 Å². The number of hydrogen-bond acceptors (Lipinski definition) is 4. The second-order valence-electron chi connectivity index (χ2n) is 7.98. The molecule has 6 nitrogen and oxygen atoms in total. The molecule has 1 aromatic heterocycles. The number of fused-ring (bicyclic) bond motifs is 1. The third-order valence-corrected chi connectivity index (χ3v) is 7.24. The van der Waals surface area contributed by atoms with Gasteiger partial charge >= 0.3 is 0 Å². The van der Waals surface area contributed by atoms with Crippen molar-refractivity contribution in [1.82, 2.24) is 14.3 Å². The summed E-state index contributed by atoms with van der Waals surface area (Å²) in [6, 6.07) is 24.9. The molecule has 1 unspecified atom stereocenters. The minimum Gasteiger partial charge on any atom is -0.365 e. The highest BCUT2D eigenvalue weighted by Gasteiger charge is 2.28. The number of rotatable bonds is 6. The molecule has 0 spiro atoms. The molecule has 3 aromatic carbocycles. The molecule has 162 valence electrons. The highest BCUT2D eigenvalue weighted by atomic mass is 32.2. The van der Waals surface area contributed by atoms with Gasteiger partial charge in [0, 0.05) is 42.9 Å². The summed E-state index contributed by atoms with van der Waals surface area (Å²) in [6.45, 7) is 1.31. The van der Waals surface area contributed by atoms with Gasteiger partial charge in [0.1, 0.15) is 0 Å². The van der Waals surface area contributed by atoms with Crippen LogP contribution in [0.3, 0.4) is 0 Å². The lowest BCUT2D eigenvalue weighted by Gasteiger charge is -2.36. The van der Waals surface area contributed by atoms with Crippen LogP contribution in [0.15, 0.2) is 102 Å². The first-order valence-electron chi connectivity index (χ1n) is 10.6. The van der Waals surface area contributed by atoms with Crippen LogP contribution in [0.4, 0.5) is 5.69 Å². The normalized spacial score (nSPS) is 16.0. The van der Waals surface area contributed by atoms with E-state index in [2.05, 4.69) is 44.9 Å². The van der Waals surface area contributed by atoms with Gasteiger partial charge in [0.25, 0.3) is 0 Å². The van der Waals surface area contributed by atoms with Crippen molar-refractivity contribution in [3.63, 3.8) is 0 Å². The van der Waals surface area contributed by atoms with Crippen LogP contribution in [-0.2, 0) is 23.0 Å². The Kier molecular flexibility index (Phi) is 5.51. The van der Waals surface area contributed by atoms with Gasteiger partial charge < -0.3 is 9.47 Å². The molecule has 0 amide bonds. The van der Waals surface area contributed by atoms with E-state index in [1.807, 2.05) is 35.0 Å². The predicted molar refractivity (Wildman–Crippen MR) is 125 cm³/mol. The minimum atomic E-state index is -3.60. The molecular weight excluding hydrogens is 420 g/mol. The molecule has 1 atom stereocenters. The minimum absolute atomic E-state index is 0.241. The van der Waals surface area contributed by atoms with E-state index < -0.39 is 10.0 Å². The third kappa shape index (κ3) is 4.30. The number of aromatic nitrogens is 2. The van der Waals surface area contributed by atoms with Gasteiger partial charge in [-0.25, -0.2) is 18.1 Å². The Balaban J connectivity index is 1.47. The Morgan fingerprint density at radius 3 is 2.44 bits per heavy atom. The highest BCUT2D eigenvalue weighted by Crippen LogP contribution is 2.31. The predicted octanol–water partition coefficient (Wildman–Crippen LogP) is 3.78. The first kappa shape index (κ1) is 20.5. The van der Waals surface area contributed by atoms with Crippen molar-refractivity contribution in [3.05, 3.63) is 109 Å². The number of nitrogens with one attached hydrogen (secondary N) is 1. The van der Waals surface area contributed by atoms with Crippen LogP contribution < -0.4 is 9.62 Å². The van der Waals surface area contributed by atoms with E-state index in [1.54, 1.807) is 36.8 Å². The molecule has 1 N–H and O–H groups in total. The molecule has 1 aliphatic heterocycles. The number of imidazole rings is 1. The number of sulfonamides is 1. The van der Waals surface area contributed by atoms with Crippen molar-refractivity contribution in [1.29, 1.82) is 0 Å². The lowest BCUT2D eigenvalue weighted by molar-refractivity contribution is 0.524. The molecule has 0 saturated carbocycles. The Hall–Kier alpha value is -3.42. The van der Waals surface area contributed by atoms with Gasteiger partial charge in [0.15, 0.2) is 0 Å². The first-order valence-corrected chi connectivity index (χ1v) is 12.0. The summed E-state index contributed by atoms with van der Waals surface area (Å²) in [5.41, 5.74) is 4.43.